The van der Waals surface area contributed by atoms with Crippen LogP contribution in [0.2, 0.25) is 0 Å². The largest absolute Gasteiger partial charge is 0.471 e. The van der Waals surface area contributed by atoms with Gasteiger partial charge in [-0.05, 0) is 36.8 Å². The number of nitrogens with zero attached hydrogens (tertiary/aromatic N) is 1. The van der Waals surface area contributed by atoms with Crippen molar-refractivity contribution in [2.75, 3.05) is 30.2 Å². The van der Waals surface area contributed by atoms with E-state index in [4.69, 9.17) is 4.74 Å². The van der Waals surface area contributed by atoms with E-state index in [1.165, 1.54) is 49.6 Å². The van der Waals surface area contributed by atoms with Crippen molar-refractivity contribution in [1.29, 1.82) is 0 Å². The number of halogens is 3. The van der Waals surface area contributed by atoms with Crippen LogP contribution in [0, 0.1) is 0 Å². The van der Waals surface area contributed by atoms with E-state index in [2.05, 4.69) is 17.6 Å². The van der Waals surface area contributed by atoms with E-state index < -0.39 is 30.1 Å². The summed E-state index contributed by atoms with van der Waals surface area (Å²) in [4.78, 5) is 38.8. The van der Waals surface area contributed by atoms with E-state index in [-0.39, 0.29) is 23.5 Å². The first-order valence-corrected chi connectivity index (χ1v) is 15.0. The van der Waals surface area contributed by atoms with Gasteiger partial charge in [0.05, 0.1) is 5.94 Å². The number of hydrogen-bond acceptors (Lipinski definition) is 5. The van der Waals surface area contributed by atoms with Crippen LogP contribution >= 0.6 is 11.8 Å². The van der Waals surface area contributed by atoms with E-state index in [0.29, 0.717) is 29.2 Å². The molecule has 2 aromatic rings. The summed E-state index contributed by atoms with van der Waals surface area (Å²) in [6.07, 6.45) is 1.72. The minimum atomic E-state index is -5.05. The molecule has 0 heterocycles. The Kier molecular flexibility index (Phi) is 15.3. The van der Waals surface area contributed by atoms with Gasteiger partial charge in [0.25, 0.3) is 11.8 Å². The zero-order valence-corrected chi connectivity index (χ0v) is 24.5. The molecule has 0 aliphatic heterocycles. The number of ether oxygens (including phenoxy) is 1. The smallest absolute Gasteiger partial charge is 0.374 e. The number of benzene rings is 2. The fraction of sp³-hybridized carbons (Fsp3) is 0.500. The molecule has 2 N–H and O–H groups in total. The molecule has 0 aliphatic carbocycles. The van der Waals surface area contributed by atoms with Crippen LogP contribution < -0.4 is 15.5 Å². The first kappa shape index (κ1) is 34.2. The Hall–Kier alpha value is -3.05. The predicted octanol–water partition coefficient (Wildman–Crippen LogP) is 6.55. The van der Waals surface area contributed by atoms with E-state index in [0.717, 1.165) is 32.1 Å². The average Bonchev–Trinajstić information content (AvgIpc) is 2.96. The van der Waals surface area contributed by atoms with Crippen LogP contribution in [-0.2, 0) is 9.53 Å². The second-order valence-corrected chi connectivity index (χ2v) is 10.6. The predicted molar refractivity (Wildman–Crippen MR) is 157 cm³/mol. The highest BCUT2D eigenvalue weighted by atomic mass is 32.2. The Morgan fingerprint density at radius 2 is 1.44 bits per heavy atom. The summed E-state index contributed by atoms with van der Waals surface area (Å²) in [7, 11) is 1.52. The number of unbranched alkanes of at least 4 members (excludes halogenated alkanes) is 7. The maximum absolute atomic E-state index is 13.5. The first-order valence-electron chi connectivity index (χ1n) is 13.9. The lowest BCUT2D eigenvalue weighted by Gasteiger charge is -2.25. The number of nitrogens with one attached hydrogen (secondary N) is 2. The van der Waals surface area contributed by atoms with E-state index in [9.17, 15) is 27.6 Å². The van der Waals surface area contributed by atoms with Gasteiger partial charge in [-0.3, -0.25) is 14.4 Å². The minimum Gasteiger partial charge on any atom is -0.374 e. The Balaban J connectivity index is 2.12. The van der Waals surface area contributed by atoms with Gasteiger partial charge >= 0.3 is 12.1 Å². The number of methoxy groups -OCH3 is 1. The summed E-state index contributed by atoms with van der Waals surface area (Å²) in [6, 6.07) is 14.0. The fourth-order valence-corrected chi connectivity index (χ4v) is 4.83. The number of carbonyl (C=O) groups excluding carboxylic acids is 3. The van der Waals surface area contributed by atoms with Gasteiger partial charge < -0.3 is 20.3 Å². The van der Waals surface area contributed by atoms with Crippen LogP contribution in [0.15, 0.2) is 54.6 Å². The third-order valence-corrected chi connectivity index (χ3v) is 7.25. The first-order chi connectivity index (χ1) is 19.7. The van der Waals surface area contributed by atoms with Crippen molar-refractivity contribution in [2.45, 2.75) is 70.6 Å². The molecule has 226 valence electrons. The summed E-state index contributed by atoms with van der Waals surface area (Å²) < 4.78 is 45.4. The topological polar surface area (TPSA) is 87.7 Å². The van der Waals surface area contributed by atoms with Crippen molar-refractivity contribution >= 4 is 35.2 Å². The molecule has 2 rings (SSSR count). The van der Waals surface area contributed by atoms with Crippen LogP contribution in [0.3, 0.4) is 0 Å². The normalized spacial score (nSPS) is 12.0. The Morgan fingerprint density at radius 3 is 2.05 bits per heavy atom. The number of alkyl halides is 3. The van der Waals surface area contributed by atoms with E-state index in [1.54, 1.807) is 30.3 Å². The van der Waals surface area contributed by atoms with Gasteiger partial charge in [-0.2, -0.15) is 13.2 Å². The molecule has 0 aliphatic rings. The zero-order chi connectivity index (χ0) is 30.1. The van der Waals surface area contributed by atoms with Gasteiger partial charge in [0.1, 0.15) is 6.17 Å². The lowest BCUT2D eigenvalue weighted by atomic mass is 10.1. The molecule has 0 spiro atoms. The Labute approximate surface area is 244 Å². The summed E-state index contributed by atoms with van der Waals surface area (Å²) in [5.41, 5.74) is 0.461. The highest BCUT2D eigenvalue weighted by molar-refractivity contribution is 7.99. The van der Waals surface area contributed by atoms with Crippen molar-refractivity contribution in [3.63, 3.8) is 0 Å². The second kappa shape index (κ2) is 18.4. The molecule has 0 aromatic heterocycles. The molecule has 1 atom stereocenters. The quantitative estimate of drug-likeness (QED) is 0.151. The second-order valence-electron chi connectivity index (χ2n) is 9.62. The SMILES string of the molecule is CCCCCCCCCCN(C(=O)C(F)(F)F)c1cccc(C(=O)NC(CSCOC)NC(=O)c2ccccc2)c1. The molecule has 0 saturated heterocycles. The molecule has 3 amide bonds. The monoisotopic (exact) mass is 595 g/mol. The molecule has 0 bridgehead atoms. The lowest BCUT2D eigenvalue weighted by molar-refractivity contribution is -0.170. The van der Waals surface area contributed by atoms with Crippen LogP contribution in [0.4, 0.5) is 18.9 Å². The zero-order valence-electron chi connectivity index (χ0n) is 23.7. The van der Waals surface area contributed by atoms with E-state index in [1.807, 2.05) is 0 Å². The van der Waals surface area contributed by atoms with Crippen molar-refractivity contribution in [2.24, 2.45) is 0 Å². The van der Waals surface area contributed by atoms with Gasteiger partial charge in [-0.1, -0.05) is 76.1 Å². The van der Waals surface area contributed by atoms with Crippen LogP contribution in [-0.4, -0.2) is 55.4 Å². The maximum Gasteiger partial charge on any atom is 0.471 e. The summed E-state index contributed by atoms with van der Waals surface area (Å²) >= 11 is 1.34. The third-order valence-electron chi connectivity index (χ3n) is 6.28. The molecule has 7 nitrogen and oxygen atoms in total. The summed E-state index contributed by atoms with van der Waals surface area (Å²) in [5, 5.41) is 5.49. The standard InChI is InChI=1S/C30H40F3N3O4S/c1-3-4-5-6-7-8-9-13-19-36(29(39)30(31,32)33)25-18-14-17-24(20-25)28(38)35-26(21-41-22-40-2)34-27(37)23-15-11-10-12-16-23/h10-12,14-18,20,26H,3-9,13,19,21-22H2,1-2H3,(H,34,37)(H,35,38). The van der Waals surface area contributed by atoms with Crippen molar-refractivity contribution in [1.82, 2.24) is 10.6 Å². The van der Waals surface area contributed by atoms with E-state index >= 15 is 0 Å². The lowest BCUT2D eigenvalue weighted by Crippen LogP contribution is -2.49. The third kappa shape index (κ3) is 12.6. The van der Waals surface area contributed by atoms with Crippen molar-refractivity contribution < 1.29 is 32.3 Å². The van der Waals surface area contributed by atoms with Crippen LogP contribution in [0.1, 0.15) is 79.0 Å². The maximum atomic E-state index is 13.5. The molecule has 0 radical (unpaired) electrons. The average molecular weight is 596 g/mol. The van der Waals surface area contributed by atoms with Gasteiger partial charge in [0, 0.05) is 36.2 Å². The number of hydrogen-bond donors (Lipinski definition) is 2. The number of amides is 3. The minimum absolute atomic E-state index is 0.0125. The number of carbonyl (C=O) groups is 3. The molecule has 2 aromatic carbocycles. The van der Waals surface area contributed by atoms with Gasteiger partial charge in [0.2, 0.25) is 0 Å². The van der Waals surface area contributed by atoms with Crippen molar-refractivity contribution in [3.05, 3.63) is 65.7 Å². The van der Waals surface area contributed by atoms with Gasteiger partial charge in [0.15, 0.2) is 0 Å². The molecule has 0 fully saturated rings. The summed E-state index contributed by atoms with van der Waals surface area (Å²) in [5.74, 6) is -2.35. The number of rotatable bonds is 18. The summed E-state index contributed by atoms with van der Waals surface area (Å²) in [6.45, 7) is 2.02. The van der Waals surface area contributed by atoms with Gasteiger partial charge in [-0.15, -0.1) is 11.8 Å². The Bertz CT molecular complexity index is 1090. The van der Waals surface area contributed by atoms with Crippen LogP contribution in [0.25, 0.3) is 0 Å². The molecule has 0 saturated carbocycles. The van der Waals surface area contributed by atoms with Crippen molar-refractivity contribution in [3.8, 4) is 0 Å². The molecular weight excluding hydrogens is 555 g/mol. The number of anilines is 1. The highest BCUT2D eigenvalue weighted by Gasteiger charge is 2.43. The molecule has 11 heteroatoms. The van der Waals surface area contributed by atoms with Crippen LogP contribution in [0.5, 0.6) is 0 Å². The fourth-order valence-electron chi connectivity index (χ4n) is 4.16. The molecular formula is C30H40F3N3O4S. The van der Waals surface area contributed by atoms with Gasteiger partial charge in [-0.25, -0.2) is 0 Å². The highest BCUT2D eigenvalue weighted by Crippen LogP contribution is 2.25. The number of thioether (sulfide) groups is 1. The Morgan fingerprint density at radius 1 is 0.854 bits per heavy atom. The molecule has 1 unspecified atom stereocenters. The molecule has 41 heavy (non-hydrogen) atoms.